The molecule has 4 N–H and O–H groups in total. The monoisotopic (exact) mass is 569 g/mol. The second kappa shape index (κ2) is 13.9. The molecule has 0 bridgehead atoms. The number of carbonyl (C=O) groups is 3. The van der Waals surface area contributed by atoms with Gasteiger partial charge in [0.25, 0.3) is 0 Å². The maximum Gasteiger partial charge on any atom is 0.326 e. The summed E-state index contributed by atoms with van der Waals surface area (Å²) in [7, 11) is 4.62. The minimum atomic E-state index is -1.08. The standard InChI is InChI=1S/C30H39N3O8/c1-16(2)27(30(37)38)33-25(36)8-7-13-31-22-12-10-19-20(15-23(22)35)21(32-17(3)34)11-9-18-14-24(39-4)28(40-5)29(41-6)26(18)19/h10,12,14-16,21,27H,7-9,11,13H2,1-6H3,(H,31,35)(H,32,34)(H,33,36)(H,37,38). The fourth-order valence-corrected chi connectivity index (χ4v) is 5.08. The molecule has 11 nitrogen and oxygen atoms in total. The topological polar surface area (TPSA) is 152 Å². The molecule has 2 atom stereocenters. The van der Waals surface area contributed by atoms with E-state index in [-0.39, 0.29) is 29.6 Å². The van der Waals surface area contributed by atoms with E-state index in [9.17, 15) is 24.3 Å². The normalized spacial score (nSPS) is 14.6. The number of amides is 2. The van der Waals surface area contributed by atoms with Gasteiger partial charge in [0, 0.05) is 25.5 Å². The number of aliphatic carboxylic acids is 1. The molecule has 0 heterocycles. The Balaban J connectivity index is 1.95. The Hall–Kier alpha value is -4.28. The average Bonchev–Trinajstić information content (AvgIpc) is 3.16. The molecular formula is C30H39N3O8. The molecule has 2 unspecified atom stereocenters. The van der Waals surface area contributed by atoms with Crippen LogP contribution < -0.4 is 35.6 Å². The van der Waals surface area contributed by atoms with Crippen LogP contribution >= 0.6 is 0 Å². The highest BCUT2D eigenvalue weighted by atomic mass is 16.5. The summed E-state index contributed by atoms with van der Waals surface area (Å²) in [5.41, 5.74) is 3.09. The minimum Gasteiger partial charge on any atom is -0.493 e. The third-order valence-corrected chi connectivity index (χ3v) is 7.06. The molecule has 222 valence electrons. The molecule has 0 spiro atoms. The Morgan fingerprint density at radius 3 is 2.34 bits per heavy atom. The van der Waals surface area contributed by atoms with Crippen molar-refractivity contribution in [1.29, 1.82) is 0 Å². The van der Waals surface area contributed by atoms with Crippen LogP contribution in [0.15, 0.2) is 29.1 Å². The van der Waals surface area contributed by atoms with Crippen molar-refractivity contribution in [2.45, 2.75) is 58.5 Å². The number of hydrogen-bond donors (Lipinski definition) is 4. The number of carbonyl (C=O) groups excluding carboxylic acids is 2. The second-order valence-electron chi connectivity index (χ2n) is 10.3. The van der Waals surface area contributed by atoms with Gasteiger partial charge in [0.05, 0.1) is 33.1 Å². The van der Waals surface area contributed by atoms with E-state index < -0.39 is 18.1 Å². The van der Waals surface area contributed by atoms with Gasteiger partial charge in [0.2, 0.25) is 23.0 Å². The Bertz CT molecular complexity index is 1360. The fraction of sp³-hybridized carbons (Fsp3) is 0.467. The predicted octanol–water partition coefficient (Wildman–Crippen LogP) is 3.28. The van der Waals surface area contributed by atoms with Crippen LogP contribution in [0.2, 0.25) is 0 Å². The van der Waals surface area contributed by atoms with Crippen molar-refractivity contribution in [2.75, 3.05) is 33.2 Å². The van der Waals surface area contributed by atoms with Crippen LogP contribution in [0.25, 0.3) is 11.1 Å². The highest BCUT2D eigenvalue weighted by Gasteiger charge is 2.29. The van der Waals surface area contributed by atoms with Crippen molar-refractivity contribution in [3.8, 4) is 28.4 Å². The van der Waals surface area contributed by atoms with Gasteiger partial charge in [-0.3, -0.25) is 14.4 Å². The van der Waals surface area contributed by atoms with Crippen LogP contribution in [0, 0.1) is 5.92 Å². The summed E-state index contributed by atoms with van der Waals surface area (Å²) in [6, 6.07) is 5.53. The molecule has 11 heteroatoms. The number of benzene rings is 1. The molecule has 0 aromatic heterocycles. The number of nitrogens with one attached hydrogen (secondary N) is 3. The van der Waals surface area contributed by atoms with E-state index in [0.717, 1.165) is 11.1 Å². The van der Waals surface area contributed by atoms with E-state index in [1.54, 1.807) is 34.1 Å². The molecular weight excluding hydrogens is 530 g/mol. The molecule has 1 aliphatic rings. The van der Waals surface area contributed by atoms with Crippen LogP contribution in [0.3, 0.4) is 0 Å². The zero-order valence-corrected chi connectivity index (χ0v) is 24.4. The lowest BCUT2D eigenvalue weighted by Crippen LogP contribution is -2.44. The van der Waals surface area contributed by atoms with Gasteiger partial charge in [-0.15, -0.1) is 0 Å². The van der Waals surface area contributed by atoms with E-state index in [4.69, 9.17) is 14.2 Å². The minimum absolute atomic E-state index is 0.101. The maximum atomic E-state index is 13.4. The molecule has 0 saturated carbocycles. The number of aryl methyl sites for hydroxylation is 1. The van der Waals surface area contributed by atoms with E-state index in [1.165, 1.54) is 20.1 Å². The SMILES string of the molecule is COc1cc2c(c(OC)c1OC)-c1ccc(NCCCC(=O)NC(C(=O)O)C(C)C)c(=O)cc1C(NC(C)=O)CC2. The van der Waals surface area contributed by atoms with Gasteiger partial charge >= 0.3 is 5.97 Å². The van der Waals surface area contributed by atoms with Gasteiger partial charge in [0.1, 0.15) is 6.04 Å². The van der Waals surface area contributed by atoms with Crippen molar-refractivity contribution in [1.82, 2.24) is 10.6 Å². The van der Waals surface area contributed by atoms with E-state index in [1.807, 2.05) is 12.1 Å². The lowest BCUT2D eigenvalue weighted by molar-refractivity contribution is -0.143. The number of carboxylic acid groups (broad SMARTS) is 1. The fourth-order valence-electron chi connectivity index (χ4n) is 5.08. The Kier molecular flexibility index (Phi) is 10.6. The van der Waals surface area contributed by atoms with Crippen LogP contribution in [-0.4, -0.2) is 56.8 Å². The zero-order chi connectivity index (χ0) is 30.3. The lowest BCUT2D eigenvalue weighted by Gasteiger charge is -2.19. The summed E-state index contributed by atoms with van der Waals surface area (Å²) in [5.74, 6) is -0.507. The van der Waals surface area contributed by atoms with Gasteiger partial charge in [-0.1, -0.05) is 19.9 Å². The molecule has 0 fully saturated rings. The van der Waals surface area contributed by atoms with Crippen molar-refractivity contribution < 1.29 is 33.7 Å². The van der Waals surface area contributed by atoms with Crippen molar-refractivity contribution in [3.05, 3.63) is 45.6 Å². The molecule has 0 radical (unpaired) electrons. The highest BCUT2D eigenvalue weighted by Crippen LogP contribution is 2.50. The van der Waals surface area contributed by atoms with Crippen molar-refractivity contribution in [2.24, 2.45) is 5.92 Å². The lowest BCUT2D eigenvalue weighted by atomic mass is 9.95. The molecule has 41 heavy (non-hydrogen) atoms. The number of rotatable bonds is 12. The van der Waals surface area contributed by atoms with E-state index in [0.29, 0.717) is 59.9 Å². The number of carboxylic acids is 1. The summed E-state index contributed by atoms with van der Waals surface area (Å²) in [6.45, 7) is 5.21. The van der Waals surface area contributed by atoms with Crippen molar-refractivity contribution >= 4 is 23.5 Å². The summed E-state index contributed by atoms with van der Waals surface area (Å²) in [4.78, 5) is 49.1. The Labute approximate surface area is 239 Å². The van der Waals surface area contributed by atoms with Gasteiger partial charge in [0.15, 0.2) is 11.5 Å². The number of fused-ring (bicyclic) bond motifs is 3. The first-order chi connectivity index (χ1) is 19.5. The molecule has 0 aliphatic heterocycles. The molecule has 2 amide bonds. The van der Waals surface area contributed by atoms with Gasteiger partial charge in [-0.05, 0) is 60.1 Å². The molecule has 3 rings (SSSR count). The van der Waals surface area contributed by atoms with Gasteiger partial charge in [-0.25, -0.2) is 4.79 Å². The number of methoxy groups -OCH3 is 3. The Morgan fingerprint density at radius 2 is 1.76 bits per heavy atom. The first-order valence-corrected chi connectivity index (χ1v) is 13.6. The first-order valence-electron chi connectivity index (χ1n) is 13.6. The summed E-state index contributed by atoms with van der Waals surface area (Å²) >= 11 is 0. The van der Waals surface area contributed by atoms with E-state index >= 15 is 0 Å². The van der Waals surface area contributed by atoms with Crippen LogP contribution in [0.1, 0.15) is 57.2 Å². The summed E-state index contributed by atoms with van der Waals surface area (Å²) in [5, 5.41) is 17.9. The number of hydrogen-bond acceptors (Lipinski definition) is 8. The zero-order valence-electron chi connectivity index (χ0n) is 24.4. The van der Waals surface area contributed by atoms with Crippen LogP contribution in [0.4, 0.5) is 5.69 Å². The second-order valence-corrected chi connectivity index (χ2v) is 10.3. The molecule has 1 aliphatic carbocycles. The maximum absolute atomic E-state index is 13.4. The summed E-state index contributed by atoms with van der Waals surface area (Å²) in [6.07, 6.45) is 1.63. The number of ether oxygens (including phenoxy) is 3. The largest absolute Gasteiger partial charge is 0.493 e. The molecule has 2 aromatic rings. The third-order valence-electron chi connectivity index (χ3n) is 7.06. The predicted molar refractivity (Wildman–Crippen MR) is 155 cm³/mol. The highest BCUT2D eigenvalue weighted by molar-refractivity contribution is 5.84. The molecule has 0 saturated heterocycles. The van der Waals surface area contributed by atoms with E-state index in [2.05, 4.69) is 16.0 Å². The van der Waals surface area contributed by atoms with Crippen molar-refractivity contribution in [3.63, 3.8) is 0 Å². The third kappa shape index (κ3) is 7.27. The Morgan fingerprint density at radius 1 is 1.05 bits per heavy atom. The van der Waals surface area contributed by atoms with Gasteiger partial charge in [-0.2, -0.15) is 0 Å². The number of anilines is 1. The quantitative estimate of drug-likeness (QED) is 0.282. The molecule has 2 aromatic carbocycles. The van der Waals surface area contributed by atoms with Crippen LogP contribution in [-0.2, 0) is 20.8 Å². The van der Waals surface area contributed by atoms with Crippen LogP contribution in [0.5, 0.6) is 17.2 Å². The average molecular weight is 570 g/mol. The smallest absolute Gasteiger partial charge is 0.326 e. The van der Waals surface area contributed by atoms with Gasteiger partial charge < -0.3 is 35.3 Å². The summed E-state index contributed by atoms with van der Waals surface area (Å²) < 4.78 is 17.0. The first kappa shape index (κ1) is 31.3.